The molecular formula is C16H21N3OS. The van der Waals surface area contributed by atoms with Gasteiger partial charge < -0.3 is 4.90 Å². The minimum absolute atomic E-state index is 0.206. The Morgan fingerprint density at radius 2 is 2.05 bits per heavy atom. The Bertz CT molecular complexity index is 568. The van der Waals surface area contributed by atoms with E-state index in [4.69, 9.17) is 0 Å². The number of rotatable bonds is 7. The summed E-state index contributed by atoms with van der Waals surface area (Å²) in [6, 6.07) is 3.99. The van der Waals surface area contributed by atoms with E-state index in [1.807, 2.05) is 36.3 Å². The average molecular weight is 303 g/mol. The molecule has 0 atom stereocenters. The second-order valence-corrected chi connectivity index (χ2v) is 6.00. The highest BCUT2D eigenvalue weighted by molar-refractivity contribution is 7.09. The van der Waals surface area contributed by atoms with Crippen LogP contribution in [0.3, 0.4) is 0 Å². The molecule has 0 aliphatic carbocycles. The Balaban J connectivity index is 1.81. The van der Waals surface area contributed by atoms with Crippen molar-refractivity contribution in [2.24, 2.45) is 0 Å². The standard InChI is InChI=1S/C16H21N3OS/c1-3-19(11-8-14-6-9-17-10-7-14)16(20)5-4-15-12-21-13(2)18-15/h6-7,9-10,12H,3-5,8,11H2,1-2H3. The van der Waals surface area contributed by atoms with E-state index in [0.29, 0.717) is 6.42 Å². The van der Waals surface area contributed by atoms with Crippen LogP contribution in [-0.2, 0) is 17.6 Å². The molecule has 5 heteroatoms. The first-order valence-electron chi connectivity index (χ1n) is 7.26. The number of nitrogens with zero attached hydrogens (tertiary/aromatic N) is 3. The molecule has 2 rings (SSSR count). The maximum atomic E-state index is 12.3. The zero-order valence-electron chi connectivity index (χ0n) is 12.6. The molecule has 2 aromatic rings. The molecular weight excluding hydrogens is 282 g/mol. The van der Waals surface area contributed by atoms with E-state index >= 15 is 0 Å². The molecule has 0 unspecified atom stereocenters. The minimum atomic E-state index is 0.206. The van der Waals surface area contributed by atoms with Crippen LogP contribution < -0.4 is 0 Å². The zero-order chi connectivity index (χ0) is 15.1. The van der Waals surface area contributed by atoms with Crippen molar-refractivity contribution in [1.82, 2.24) is 14.9 Å². The van der Waals surface area contributed by atoms with E-state index in [0.717, 1.165) is 36.6 Å². The van der Waals surface area contributed by atoms with Crippen molar-refractivity contribution in [1.29, 1.82) is 0 Å². The molecule has 0 aliphatic rings. The van der Waals surface area contributed by atoms with Crippen molar-refractivity contribution < 1.29 is 4.79 Å². The van der Waals surface area contributed by atoms with Crippen LogP contribution in [0.2, 0.25) is 0 Å². The molecule has 0 saturated heterocycles. The van der Waals surface area contributed by atoms with Gasteiger partial charge in [0.1, 0.15) is 0 Å². The van der Waals surface area contributed by atoms with E-state index < -0.39 is 0 Å². The molecule has 0 radical (unpaired) electrons. The van der Waals surface area contributed by atoms with E-state index in [1.165, 1.54) is 5.56 Å². The van der Waals surface area contributed by atoms with E-state index in [9.17, 15) is 4.79 Å². The first-order chi connectivity index (χ1) is 10.2. The quantitative estimate of drug-likeness (QED) is 0.790. The maximum absolute atomic E-state index is 12.3. The van der Waals surface area contributed by atoms with Gasteiger partial charge in [0, 0.05) is 37.3 Å². The Hall–Kier alpha value is -1.75. The number of carbonyl (C=O) groups excluding carboxylic acids is 1. The van der Waals surface area contributed by atoms with Crippen molar-refractivity contribution in [3.8, 4) is 0 Å². The number of amides is 1. The Labute approximate surface area is 129 Å². The lowest BCUT2D eigenvalue weighted by Gasteiger charge is -2.20. The summed E-state index contributed by atoms with van der Waals surface area (Å²) in [5.74, 6) is 0.206. The third-order valence-electron chi connectivity index (χ3n) is 3.42. The second kappa shape index (κ2) is 7.88. The molecule has 112 valence electrons. The van der Waals surface area contributed by atoms with Crippen molar-refractivity contribution in [2.75, 3.05) is 13.1 Å². The summed E-state index contributed by atoms with van der Waals surface area (Å²) < 4.78 is 0. The number of carbonyl (C=O) groups is 1. The van der Waals surface area contributed by atoms with Gasteiger partial charge in [-0.1, -0.05) is 0 Å². The van der Waals surface area contributed by atoms with Crippen LogP contribution >= 0.6 is 11.3 Å². The number of aryl methyl sites for hydroxylation is 2. The first kappa shape index (κ1) is 15.6. The molecule has 0 spiro atoms. The molecule has 0 N–H and O–H groups in total. The largest absolute Gasteiger partial charge is 0.343 e. The van der Waals surface area contributed by atoms with Gasteiger partial charge in [-0.05, 0) is 44.4 Å². The van der Waals surface area contributed by atoms with Crippen LogP contribution in [0.4, 0.5) is 0 Å². The lowest BCUT2D eigenvalue weighted by atomic mass is 10.1. The summed E-state index contributed by atoms with van der Waals surface area (Å²) in [4.78, 5) is 22.6. The fourth-order valence-electron chi connectivity index (χ4n) is 2.19. The fraction of sp³-hybridized carbons (Fsp3) is 0.438. The molecule has 4 nitrogen and oxygen atoms in total. The molecule has 1 amide bonds. The minimum Gasteiger partial charge on any atom is -0.343 e. The molecule has 2 heterocycles. The second-order valence-electron chi connectivity index (χ2n) is 4.94. The normalized spacial score (nSPS) is 10.6. The zero-order valence-corrected chi connectivity index (χ0v) is 13.4. The number of likely N-dealkylation sites (N-methyl/N-ethyl adjacent to an activating group) is 1. The molecule has 0 saturated carbocycles. The molecule has 0 aliphatic heterocycles. The van der Waals surface area contributed by atoms with Crippen LogP contribution in [0.1, 0.15) is 29.6 Å². The van der Waals surface area contributed by atoms with Gasteiger partial charge in [0.15, 0.2) is 0 Å². The summed E-state index contributed by atoms with van der Waals surface area (Å²) in [6.45, 7) is 5.52. The number of aromatic nitrogens is 2. The van der Waals surface area contributed by atoms with Crippen LogP contribution in [0.25, 0.3) is 0 Å². The predicted octanol–water partition coefficient (Wildman–Crippen LogP) is 2.87. The summed E-state index contributed by atoms with van der Waals surface area (Å²) in [5.41, 5.74) is 2.24. The van der Waals surface area contributed by atoms with Crippen LogP contribution in [0.15, 0.2) is 29.9 Å². The first-order valence-corrected chi connectivity index (χ1v) is 8.14. The Kier molecular flexibility index (Phi) is 5.87. The molecule has 21 heavy (non-hydrogen) atoms. The summed E-state index contributed by atoms with van der Waals surface area (Å²) in [5, 5.41) is 3.10. The maximum Gasteiger partial charge on any atom is 0.222 e. The van der Waals surface area contributed by atoms with Gasteiger partial charge in [0.25, 0.3) is 0 Å². The van der Waals surface area contributed by atoms with Crippen molar-refractivity contribution in [3.63, 3.8) is 0 Å². The highest BCUT2D eigenvalue weighted by Gasteiger charge is 2.12. The third kappa shape index (κ3) is 4.93. The van der Waals surface area contributed by atoms with Crippen molar-refractivity contribution >= 4 is 17.2 Å². The summed E-state index contributed by atoms with van der Waals surface area (Å²) >= 11 is 1.64. The van der Waals surface area contributed by atoms with Gasteiger partial charge in [-0.25, -0.2) is 4.98 Å². The monoisotopic (exact) mass is 303 g/mol. The van der Waals surface area contributed by atoms with E-state index in [1.54, 1.807) is 23.7 Å². The van der Waals surface area contributed by atoms with Crippen LogP contribution in [0.5, 0.6) is 0 Å². The lowest BCUT2D eigenvalue weighted by Crippen LogP contribution is -2.32. The van der Waals surface area contributed by atoms with Gasteiger partial charge >= 0.3 is 0 Å². The van der Waals surface area contributed by atoms with Gasteiger partial charge in [0.2, 0.25) is 5.91 Å². The van der Waals surface area contributed by atoms with Crippen LogP contribution in [0, 0.1) is 6.92 Å². The lowest BCUT2D eigenvalue weighted by molar-refractivity contribution is -0.130. The van der Waals surface area contributed by atoms with Crippen LogP contribution in [-0.4, -0.2) is 33.9 Å². The highest BCUT2D eigenvalue weighted by Crippen LogP contribution is 2.11. The van der Waals surface area contributed by atoms with E-state index in [-0.39, 0.29) is 5.91 Å². The number of thiazole rings is 1. The predicted molar refractivity (Wildman–Crippen MR) is 85.4 cm³/mol. The van der Waals surface area contributed by atoms with Gasteiger partial charge in [-0.3, -0.25) is 9.78 Å². The smallest absolute Gasteiger partial charge is 0.222 e. The number of pyridine rings is 1. The molecule has 0 bridgehead atoms. The third-order valence-corrected chi connectivity index (χ3v) is 4.24. The summed E-state index contributed by atoms with van der Waals surface area (Å²) in [7, 11) is 0. The molecule has 0 fully saturated rings. The number of hydrogen-bond acceptors (Lipinski definition) is 4. The van der Waals surface area contributed by atoms with Crippen molar-refractivity contribution in [3.05, 3.63) is 46.2 Å². The van der Waals surface area contributed by atoms with Gasteiger partial charge in [-0.15, -0.1) is 11.3 Å². The summed E-state index contributed by atoms with van der Waals surface area (Å²) in [6.07, 6.45) is 5.72. The number of hydrogen-bond donors (Lipinski definition) is 0. The van der Waals surface area contributed by atoms with Crippen molar-refractivity contribution in [2.45, 2.75) is 33.1 Å². The SMILES string of the molecule is CCN(CCc1ccncc1)C(=O)CCc1csc(C)n1. The Morgan fingerprint density at radius 3 is 2.67 bits per heavy atom. The van der Waals surface area contributed by atoms with E-state index in [2.05, 4.69) is 9.97 Å². The molecule has 2 aromatic heterocycles. The highest BCUT2D eigenvalue weighted by atomic mass is 32.1. The van der Waals surface area contributed by atoms with Gasteiger partial charge in [-0.2, -0.15) is 0 Å². The fourth-order valence-corrected chi connectivity index (χ4v) is 2.84. The average Bonchev–Trinajstić information content (AvgIpc) is 2.92. The van der Waals surface area contributed by atoms with Gasteiger partial charge in [0.05, 0.1) is 10.7 Å². The topological polar surface area (TPSA) is 46.1 Å². The molecule has 0 aromatic carbocycles. The Morgan fingerprint density at radius 1 is 1.29 bits per heavy atom.